The molecule has 2 N–H and O–H groups in total. The van der Waals surface area contributed by atoms with Gasteiger partial charge in [0.25, 0.3) is 0 Å². The topological polar surface area (TPSA) is 56.2 Å². The molecule has 0 spiro atoms. The Balaban J connectivity index is 2.78. The zero-order valence-electron chi connectivity index (χ0n) is 5.70. The fourth-order valence-corrected chi connectivity index (χ4v) is 0.668. The lowest BCUT2D eigenvalue weighted by molar-refractivity contribution is 0.0967. The Hall–Kier alpha value is -1.09. The molecule has 0 aromatic carbocycles. The van der Waals surface area contributed by atoms with Crippen LogP contribution in [0.15, 0.2) is 23.0 Å². The number of hydrogen-bond donors (Lipinski definition) is 1. The van der Waals surface area contributed by atoms with Crippen LogP contribution >= 0.6 is 0 Å². The van der Waals surface area contributed by atoms with E-state index in [-0.39, 0.29) is 5.78 Å². The molecule has 0 bridgehead atoms. The van der Waals surface area contributed by atoms with Crippen LogP contribution in [0.4, 0.5) is 0 Å². The molecular formula is C7H9NO2. The Labute approximate surface area is 58.8 Å². The molecule has 1 atom stereocenters. The van der Waals surface area contributed by atoms with Gasteiger partial charge in [0, 0.05) is 0 Å². The normalized spacial score (nSPS) is 13.0. The average Bonchev–Trinajstić information content (AvgIpc) is 2.36. The van der Waals surface area contributed by atoms with Crippen LogP contribution in [0.2, 0.25) is 0 Å². The SMILES string of the molecule is CC(N)C(=O)c1ccoc1. The van der Waals surface area contributed by atoms with E-state index >= 15 is 0 Å². The second-order valence-electron chi connectivity index (χ2n) is 2.16. The smallest absolute Gasteiger partial charge is 0.182 e. The third-order valence-corrected chi connectivity index (χ3v) is 1.22. The molecule has 0 radical (unpaired) electrons. The standard InChI is InChI=1S/C7H9NO2/c1-5(8)7(9)6-2-3-10-4-6/h2-5H,8H2,1H3. The molecule has 3 nitrogen and oxygen atoms in total. The summed E-state index contributed by atoms with van der Waals surface area (Å²) in [5, 5.41) is 0. The Bertz CT molecular complexity index is 214. The molecule has 1 unspecified atom stereocenters. The zero-order valence-corrected chi connectivity index (χ0v) is 5.70. The van der Waals surface area contributed by atoms with Gasteiger partial charge < -0.3 is 10.2 Å². The van der Waals surface area contributed by atoms with E-state index in [0.717, 1.165) is 0 Å². The van der Waals surface area contributed by atoms with Gasteiger partial charge in [-0.25, -0.2) is 0 Å². The van der Waals surface area contributed by atoms with Gasteiger partial charge in [-0.05, 0) is 13.0 Å². The molecule has 1 aromatic heterocycles. The maximum atomic E-state index is 11.0. The van der Waals surface area contributed by atoms with E-state index in [1.807, 2.05) is 0 Å². The van der Waals surface area contributed by atoms with E-state index in [2.05, 4.69) is 0 Å². The number of ketones is 1. The highest BCUT2D eigenvalue weighted by atomic mass is 16.3. The Morgan fingerprint density at radius 3 is 2.90 bits per heavy atom. The first kappa shape index (κ1) is 7.02. The monoisotopic (exact) mass is 139 g/mol. The third kappa shape index (κ3) is 1.25. The van der Waals surface area contributed by atoms with Crippen LogP contribution < -0.4 is 5.73 Å². The van der Waals surface area contributed by atoms with E-state index in [0.29, 0.717) is 5.56 Å². The minimum atomic E-state index is -0.447. The third-order valence-electron chi connectivity index (χ3n) is 1.22. The summed E-state index contributed by atoms with van der Waals surface area (Å²) >= 11 is 0. The van der Waals surface area contributed by atoms with Crippen LogP contribution in [-0.4, -0.2) is 11.8 Å². The molecule has 0 saturated carbocycles. The van der Waals surface area contributed by atoms with Gasteiger partial charge in [0.1, 0.15) is 6.26 Å². The van der Waals surface area contributed by atoms with Gasteiger partial charge in [-0.3, -0.25) is 4.79 Å². The summed E-state index contributed by atoms with van der Waals surface area (Å²) in [4.78, 5) is 11.0. The van der Waals surface area contributed by atoms with Crippen molar-refractivity contribution in [3.05, 3.63) is 24.2 Å². The Kier molecular flexibility index (Phi) is 1.87. The molecule has 54 valence electrons. The number of hydrogen-bond acceptors (Lipinski definition) is 3. The number of carbonyl (C=O) groups is 1. The van der Waals surface area contributed by atoms with Gasteiger partial charge in [0.2, 0.25) is 0 Å². The molecule has 0 aliphatic rings. The largest absolute Gasteiger partial charge is 0.472 e. The van der Waals surface area contributed by atoms with Crippen molar-refractivity contribution in [2.45, 2.75) is 13.0 Å². The van der Waals surface area contributed by atoms with E-state index in [1.165, 1.54) is 12.5 Å². The maximum Gasteiger partial charge on any atom is 0.182 e. The zero-order chi connectivity index (χ0) is 7.56. The molecule has 3 heteroatoms. The van der Waals surface area contributed by atoms with Crippen LogP contribution in [0.5, 0.6) is 0 Å². The number of nitrogens with two attached hydrogens (primary N) is 1. The Morgan fingerprint density at radius 2 is 2.50 bits per heavy atom. The molecular weight excluding hydrogens is 130 g/mol. The summed E-state index contributed by atoms with van der Waals surface area (Å²) < 4.78 is 4.71. The average molecular weight is 139 g/mol. The van der Waals surface area contributed by atoms with Crippen molar-refractivity contribution in [3.8, 4) is 0 Å². The molecule has 0 amide bonds. The predicted octanol–water partition coefficient (Wildman–Crippen LogP) is 0.810. The van der Waals surface area contributed by atoms with Crippen molar-refractivity contribution >= 4 is 5.78 Å². The van der Waals surface area contributed by atoms with Crippen LogP contribution in [0.1, 0.15) is 17.3 Å². The lowest BCUT2D eigenvalue weighted by Crippen LogP contribution is -2.26. The summed E-state index contributed by atoms with van der Waals surface area (Å²) in [5.41, 5.74) is 5.87. The predicted molar refractivity (Wildman–Crippen MR) is 36.7 cm³/mol. The lowest BCUT2D eigenvalue weighted by atomic mass is 10.1. The minimum Gasteiger partial charge on any atom is -0.472 e. The fraction of sp³-hybridized carbons (Fsp3) is 0.286. The van der Waals surface area contributed by atoms with Crippen molar-refractivity contribution in [1.82, 2.24) is 0 Å². The summed E-state index contributed by atoms with van der Waals surface area (Å²) in [7, 11) is 0. The van der Waals surface area contributed by atoms with Crippen molar-refractivity contribution in [3.63, 3.8) is 0 Å². The molecule has 10 heavy (non-hydrogen) atoms. The highest BCUT2D eigenvalue weighted by molar-refractivity contribution is 5.99. The van der Waals surface area contributed by atoms with Crippen LogP contribution in [0.3, 0.4) is 0 Å². The summed E-state index contributed by atoms with van der Waals surface area (Å²) in [6.45, 7) is 1.65. The van der Waals surface area contributed by atoms with E-state index in [1.54, 1.807) is 13.0 Å². The van der Waals surface area contributed by atoms with Crippen LogP contribution in [-0.2, 0) is 0 Å². The van der Waals surface area contributed by atoms with Gasteiger partial charge >= 0.3 is 0 Å². The number of rotatable bonds is 2. The molecule has 1 rings (SSSR count). The van der Waals surface area contributed by atoms with Crippen molar-refractivity contribution in [2.75, 3.05) is 0 Å². The first-order chi connectivity index (χ1) is 4.72. The molecule has 1 heterocycles. The van der Waals surface area contributed by atoms with Gasteiger partial charge in [-0.2, -0.15) is 0 Å². The summed E-state index contributed by atoms with van der Waals surface area (Å²) in [6.07, 6.45) is 2.85. The van der Waals surface area contributed by atoms with Crippen LogP contribution in [0, 0.1) is 0 Å². The van der Waals surface area contributed by atoms with Crippen molar-refractivity contribution < 1.29 is 9.21 Å². The van der Waals surface area contributed by atoms with E-state index in [9.17, 15) is 4.79 Å². The first-order valence-corrected chi connectivity index (χ1v) is 3.04. The lowest BCUT2D eigenvalue weighted by Gasteiger charge is -1.98. The molecule has 0 aliphatic heterocycles. The van der Waals surface area contributed by atoms with Gasteiger partial charge in [-0.15, -0.1) is 0 Å². The summed E-state index contributed by atoms with van der Waals surface area (Å²) in [5.74, 6) is -0.0891. The van der Waals surface area contributed by atoms with Crippen molar-refractivity contribution in [2.24, 2.45) is 5.73 Å². The number of carbonyl (C=O) groups excluding carboxylic acids is 1. The molecule has 0 saturated heterocycles. The fourth-order valence-electron chi connectivity index (χ4n) is 0.668. The van der Waals surface area contributed by atoms with Gasteiger partial charge in [0.15, 0.2) is 5.78 Å². The van der Waals surface area contributed by atoms with Crippen LogP contribution in [0.25, 0.3) is 0 Å². The number of furan rings is 1. The maximum absolute atomic E-state index is 11.0. The highest BCUT2D eigenvalue weighted by Crippen LogP contribution is 2.02. The quantitative estimate of drug-likeness (QED) is 0.617. The first-order valence-electron chi connectivity index (χ1n) is 3.04. The Morgan fingerprint density at radius 1 is 1.80 bits per heavy atom. The van der Waals surface area contributed by atoms with Gasteiger partial charge in [-0.1, -0.05) is 0 Å². The molecule has 0 fully saturated rings. The van der Waals surface area contributed by atoms with E-state index < -0.39 is 6.04 Å². The minimum absolute atomic E-state index is 0.0891. The molecule has 0 aliphatic carbocycles. The summed E-state index contributed by atoms with van der Waals surface area (Å²) in [6, 6.07) is 1.16. The second kappa shape index (κ2) is 2.66. The highest BCUT2D eigenvalue weighted by Gasteiger charge is 2.10. The van der Waals surface area contributed by atoms with Gasteiger partial charge in [0.05, 0.1) is 17.9 Å². The second-order valence-corrected chi connectivity index (χ2v) is 2.16. The molecule has 1 aromatic rings. The van der Waals surface area contributed by atoms with E-state index in [4.69, 9.17) is 10.2 Å². The number of Topliss-reactive ketones (excluding diaryl/α,β-unsaturated/α-hetero) is 1. The van der Waals surface area contributed by atoms with Crippen molar-refractivity contribution in [1.29, 1.82) is 0 Å².